The van der Waals surface area contributed by atoms with E-state index in [1.54, 1.807) is 28.2 Å². The van der Waals surface area contributed by atoms with Crippen LogP contribution in [-0.2, 0) is 21.7 Å². The predicted molar refractivity (Wildman–Crippen MR) is 75.0 cm³/mol. The summed E-state index contributed by atoms with van der Waals surface area (Å²) < 4.78 is 0. The molecule has 0 fully saturated rings. The van der Waals surface area contributed by atoms with Gasteiger partial charge in [0.1, 0.15) is 0 Å². The molecule has 0 spiro atoms. The maximum absolute atomic E-state index is 3.50. The van der Waals surface area contributed by atoms with E-state index in [2.05, 4.69) is 51.3 Å². The minimum absolute atomic E-state index is 0. The molecule has 1 aliphatic rings. The molecule has 0 amide bonds. The fourth-order valence-corrected chi connectivity index (χ4v) is 1.41. The summed E-state index contributed by atoms with van der Waals surface area (Å²) in [5.74, 6) is 0. The minimum atomic E-state index is 0. The van der Waals surface area contributed by atoms with Crippen molar-refractivity contribution in [3.05, 3.63) is 33.4 Å². The molecule has 0 atom stereocenters. The molecule has 0 heterocycles. The molecule has 0 aliphatic heterocycles. The smallest absolute Gasteiger partial charge is 1.00 e. The van der Waals surface area contributed by atoms with Crippen molar-refractivity contribution in [2.24, 2.45) is 5.41 Å². The van der Waals surface area contributed by atoms with Gasteiger partial charge in [-0.2, -0.15) is 39.3 Å². The van der Waals surface area contributed by atoms with Gasteiger partial charge in [0.2, 0.25) is 0 Å². The van der Waals surface area contributed by atoms with Crippen LogP contribution in [0.3, 0.4) is 0 Å². The molecule has 0 saturated heterocycles. The molecule has 0 aromatic carbocycles. The first-order chi connectivity index (χ1) is 7.28. The van der Waals surface area contributed by atoms with E-state index in [1.165, 1.54) is 16.7 Å². The number of hydrogen-bond acceptors (Lipinski definition) is 0. The molecule has 1 aliphatic carbocycles. The second-order valence-electron chi connectivity index (χ2n) is 4.52. The van der Waals surface area contributed by atoms with Crippen molar-refractivity contribution in [2.75, 3.05) is 28.2 Å². The maximum atomic E-state index is 3.50. The molecule has 4 heteroatoms. The standard InChI is InChI=1S/C10H15.2C2H6N.ClH.Ti/c1-7-6-10(4,5)9(3)8(7)2;2*1-3-2;;/h1-5H3;2*1-2H3;1H;/q3*-1;;+4/p-1. The van der Waals surface area contributed by atoms with Crippen molar-refractivity contribution in [2.45, 2.75) is 34.6 Å². The number of hydrogen-bond donors (Lipinski definition) is 0. The van der Waals surface area contributed by atoms with Gasteiger partial charge in [0.15, 0.2) is 0 Å². The summed E-state index contributed by atoms with van der Waals surface area (Å²) in [7, 11) is 7.00. The minimum Gasteiger partial charge on any atom is -1.00 e. The summed E-state index contributed by atoms with van der Waals surface area (Å²) >= 11 is 0. The van der Waals surface area contributed by atoms with Gasteiger partial charge in [-0.25, -0.2) is 5.57 Å². The van der Waals surface area contributed by atoms with Gasteiger partial charge in [0.05, 0.1) is 0 Å². The van der Waals surface area contributed by atoms with E-state index in [1.807, 2.05) is 0 Å². The molecule has 0 N–H and O–H groups in total. The topological polar surface area (TPSA) is 28.2 Å². The Labute approximate surface area is 135 Å². The zero-order valence-corrected chi connectivity index (χ0v) is 15.6. The number of rotatable bonds is 0. The Morgan fingerprint density at radius 1 is 0.889 bits per heavy atom. The van der Waals surface area contributed by atoms with E-state index in [4.69, 9.17) is 0 Å². The molecule has 0 radical (unpaired) electrons. The van der Waals surface area contributed by atoms with Gasteiger partial charge in [0.25, 0.3) is 0 Å². The van der Waals surface area contributed by atoms with Crippen molar-refractivity contribution >= 4 is 0 Å². The fraction of sp³-hybridized carbons (Fsp3) is 0.714. The number of allylic oxidation sites excluding steroid dienone is 4. The Morgan fingerprint density at radius 3 is 1.22 bits per heavy atom. The zero-order valence-electron chi connectivity index (χ0n) is 13.3. The Bertz CT molecular complexity index is 257. The van der Waals surface area contributed by atoms with Gasteiger partial charge < -0.3 is 23.0 Å². The molecule has 0 bridgehead atoms. The molecular weight excluding hydrogens is 279 g/mol. The molecule has 1 rings (SSSR count). The van der Waals surface area contributed by atoms with E-state index in [0.717, 1.165) is 0 Å². The molecule has 0 saturated carbocycles. The Hall–Kier alpha value is 0.404. The Balaban J connectivity index is -0.000000106. The molecule has 0 aromatic heterocycles. The molecule has 0 unspecified atom stereocenters. The first kappa shape index (κ1) is 26.9. The summed E-state index contributed by atoms with van der Waals surface area (Å²) in [6, 6.07) is 0. The molecule has 0 aromatic rings. The van der Waals surface area contributed by atoms with Crippen LogP contribution in [0.15, 0.2) is 16.7 Å². The van der Waals surface area contributed by atoms with Crippen LogP contribution in [-0.4, -0.2) is 28.2 Å². The van der Waals surface area contributed by atoms with Gasteiger partial charge >= 0.3 is 21.7 Å². The van der Waals surface area contributed by atoms with Crippen LogP contribution >= 0.6 is 0 Å². The zero-order chi connectivity index (χ0) is 13.4. The van der Waals surface area contributed by atoms with Gasteiger partial charge in [-0.15, -0.1) is 6.92 Å². The third-order valence-corrected chi connectivity index (χ3v) is 2.56. The summed E-state index contributed by atoms with van der Waals surface area (Å²) in [5, 5.41) is 7.00. The average Bonchev–Trinajstić information content (AvgIpc) is 2.32. The van der Waals surface area contributed by atoms with Crippen molar-refractivity contribution in [3.8, 4) is 0 Å². The van der Waals surface area contributed by atoms with Crippen molar-refractivity contribution in [1.82, 2.24) is 0 Å². The molecule has 104 valence electrons. The Kier molecular flexibility index (Phi) is 20.6. The van der Waals surface area contributed by atoms with Gasteiger partial charge in [0, 0.05) is 0 Å². The summed E-state index contributed by atoms with van der Waals surface area (Å²) in [6.45, 7) is 10.9. The third-order valence-electron chi connectivity index (χ3n) is 2.56. The normalized spacial score (nSPS) is 15.1. The number of nitrogens with zero attached hydrogens (tertiary/aromatic N) is 2. The van der Waals surface area contributed by atoms with E-state index < -0.39 is 0 Å². The molecular formula is C14H27ClN2Ti. The first-order valence-electron chi connectivity index (χ1n) is 5.54. The largest absolute Gasteiger partial charge is 4.00 e. The second kappa shape index (κ2) is 13.8. The van der Waals surface area contributed by atoms with Crippen molar-refractivity contribution in [1.29, 1.82) is 0 Å². The fourth-order valence-electron chi connectivity index (χ4n) is 1.41. The van der Waals surface area contributed by atoms with Gasteiger partial charge in [-0.05, 0) is 0 Å². The Morgan fingerprint density at radius 2 is 1.17 bits per heavy atom. The van der Waals surface area contributed by atoms with Crippen LogP contribution in [0.4, 0.5) is 0 Å². The second-order valence-corrected chi connectivity index (χ2v) is 4.52. The summed E-state index contributed by atoms with van der Waals surface area (Å²) in [6.07, 6.45) is 3.44. The SMILES string of the molecule is CC1=[C-]C(C)(C)C(C)=C1C.C[N-]C.C[N-]C.[Cl-].[Ti+4]. The van der Waals surface area contributed by atoms with E-state index >= 15 is 0 Å². The number of halogens is 1. The summed E-state index contributed by atoms with van der Waals surface area (Å²) in [5.41, 5.74) is 4.39. The monoisotopic (exact) mass is 306 g/mol. The maximum Gasteiger partial charge on any atom is 4.00 e. The van der Waals surface area contributed by atoms with Gasteiger partial charge in [-0.1, -0.05) is 33.1 Å². The molecule has 2 nitrogen and oxygen atoms in total. The van der Waals surface area contributed by atoms with E-state index in [-0.39, 0.29) is 39.5 Å². The van der Waals surface area contributed by atoms with E-state index in [0.29, 0.717) is 0 Å². The molecule has 18 heavy (non-hydrogen) atoms. The van der Waals surface area contributed by atoms with Crippen molar-refractivity contribution < 1.29 is 34.1 Å². The van der Waals surface area contributed by atoms with Crippen LogP contribution in [0.2, 0.25) is 0 Å². The van der Waals surface area contributed by atoms with Crippen LogP contribution in [0, 0.1) is 11.5 Å². The third kappa shape index (κ3) is 10.3. The van der Waals surface area contributed by atoms with Crippen LogP contribution in [0.1, 0.15) is 34.6 Å². The van der Waals surface area contributed by atoms with E-state index in [9.17, 15) is 0 Å². The van der Waals surface area contributed by atoms with Gasteiger partial charge in [-0.3, -0.25) is 6.08 Å². The predicted octanol–water partition coefficient (Wildman–Crippen LogP) is 1.35. The quantitative estimate of drug-likeness (QED) is 0.477. The average molecular weight is 307 g/mol. The van der Waals surface area contributed by atoms with Crippen molar-refractivity contribution in [3.63, 3.8) is 0 Å². The first-order valence-corrected chi connectivity index (χ1v) is 5.54. The van der Waals surface area contributed by atoms with Crippen LogP contribution in [0.25, 0.3) is 10.6 Å². The van der Waals surface area contributed by atoms with Crippen LogP contribution < -0.4 is 12.4 Å². The van der Waals surface area contributed by atoms with Crippen LogP contribution in [0.5, 0.6) is 0 Å². The summed E-state index contributed by atoms with van der Waals surface area (Å²) in [4.78, 5) is 0.